The first kappa shape index (κ1) is 27.5. The average Bonchev–Trinajstić information content (AvgIpc) is 3.51. The van der Waals surface area contributed by atoms with Crippen molar-refractivity contribution in [3.8, 4) is 55.6 Å². The van der Waals surface area contributed by atoms with Gasteiger partial charge in [-0.15, -0.1) is 0 Å². The summed E-state index contributed by atoms with van der Waals surface area (Å²) < 4.78 is 0. The fourth-order valence-corrected chi connectivity index (χ4v) is 8.72. The molecule has 1 aliphatic carbocycles. The van der Waals surface area contributed by atoms with Crippen LogP contribution in [0.15, 0.2) is 182 Å². The Bertz CT molecular complexity index is 3000. The van der Waals surface area contributed by atoms with Crippen LogP contribution >= 0.6 is 0 Å². The lowest BCUT2D eigenvalue weighted by Crippen LogP contribution is -1.92. The summed E-state index contributed by atoms with van der Waals surface area (Å²) in [6.07, 6.45) is 0. The normalized spacial score (nSPS) is 12.0. The maximum Gasteiger partial charge on any atom is -0.00201 e. The molecule has 0 spiro atoms. The summed E-state index contributed by atoms with van der Waals surface area (Å²) in [7, 11) is 0. The first-order valence-corrected chi connectivity index (χ1v) is 17.4. The van der Waals surface area contributed by atoms with Crippen LogP contribution in [0.25, 0.3) is 109 Å². The molecule has 0 bridgehead atoms. The Morgan fingerprint density at radius 2 is 0.680 bits per heavy atom. The molecule has 0 saturated heterocycles. The van der Waals surface area contributed by atoms with Crippen LogP contribution < -0.4 is 0 Å². The predicted octanol–water partition coefficient (Wildman–Crippen LogP) is 14.1. The van der Waals surface area contributed by atoms with Gasteiger partial charge in [-0.2, -0.15) is 0 Å². The van der Waals surface area contributed by atoms with E-state index in [-0.39, 0.29) is 0 Å². The zero-order valence-electron chi connectivity index (χ0n) is 27.3. The average molecular weight is 631 g/mol. The summed E-state index contributed by atoms with van der Waals surface area (Å²) in [4.78, 5) is 0. The van der Waals surface area contributed by atoms with Crippen LogP contribution in [0.2, 0.25) is 0 Å². The number of benzene rings is 10. The molecule has 0 saturated carbocycles. The maximum absolute atomic E-state index is 2.46. The molecule has 0 radical (unpaired) electrons. The smallest absolute Gasteiger partial charge is 0.00201 e. The molecule has 0 atom stereocenters. The summed E-state index contributed by atoms with van der Waals surface area (Å²) >= 11 is 0. The van der Waals surface area contributed by atoms with E-state index in [1.54, 1.807) is 0 Å². The molecule has 10 aromatic carbocycles. The molecule has 0 aromatic heterocycles. The van der Waals surface area contributed by atoms with Gasteiger partial charge >= 0.3 is 0 Å². The van der Waals surface area contributed by atoms with E-state index < -0.39 is 0 Å². The van der Waals surface area contributed by atoms with Gasteiger partial charge in [-0.25, -0.2) is 0 Å². The second kappa shape index (κ2) is 10.5. The van der Waals surface area contributed by atoms with Crippen LogP contribution in [0.4, 0.5) is 0 Å². The largest absolute Gasteiger partial charge is 0.0616 e. The predicted molar refractivity (Wildman–Crippen MR) is 215 cm³/mol. The second-order valence-corrected chi connectivity index (χ2v) is 13.6. The molecule has 0 heteroatoms. The Morgan fingerprint density at radius 1 is 0.220 bits per heavy atom. The molecule has 50 heavy (non-hydrogen) atoms. The molecule has 0 heterocycles. The van der Waals surface area contributed by atoms with Crippen molar-refractivity contribution in [2.75, 3.05) is 0 Å². The maximum atomic E-state index is 2.46. The highest BCUT2D eigenvalue weighted by Gasteiger charge is 2.23. The lowest BCUT2D eigenvalue weighted by atomic mass is 9.83. The van der Waals surface area contributed by atoms with Gasteiger partial charge in [-0.1, -0.05) is 164 Å². The van der Waals surface area contributed by atoms with Gasteiger partial charge in [0, 0.05) is 0 Å². The summed E-state index contributed by atoms with van der Waals surface area (Å²) in [5.74, 6) is 0. The van der Waals surface area contributed by atoms with Crippen LogP contribution in [0.3, 0.4) is 0 Å². The van der Waals surface area contributed by atoms with Crippen LogP contribution in [0, 0.1) is 0 Å². The zero-order chi connectivity index (χ0) is 32.8. The molecule has 230 valence electrons. The van der Waals surface area contributed by atoms with Gasteiger partial charge in [0.05, 0.1) is 0 Å². The molecule has 11 rings (SSSR count). The number of hydrogen-bond acceptors (Lipinski definition) is 0. The number of rotatable bonds is 3. The van der Waals surface area contributed by atoms with E-state index in [0.29, 0.717) is 0 Å². The Hall–Kier alpha value is -6.50. The van der Waals surface area contributed by atoms with Crippen LogP contribution in [-0.2, 0) is 0 Å². The first-order valence-electron chi connectivity index (χ1n) is 17.4. The topological polar surface area (TPSA) is 0 Å². The van der Waals surface area contributed by atoms with E-state index in [4.69, 9.17) is 0 Å². The zero-order valence-corrected chi connectivity index (χ0v) is 27.3. The minimum atomic E-state index is 1.24. The highest BCUT2D eigenvalue weighted by Crippen LogP contribution is 2.50. The van der Waals surface area contributed by atoms with Crippen LogP contribution in [-0.4, -0.2) is 0 Å². The minimum absolute atomic E-state index is 1.24. The molecule has 0 amide bonds. The van der Waals surface area contributed by atoms with Crippen molar-refractivity contribution in [2.45, 2.75) is 0 Å². The number of fused-ring (bicyclic) bond motifs is 7. The van der Waals surface area contributed by atoms with Gasteiger partial charge in [-0.3, -0.25) is 0 Å². The third kappa shape index (κ3) is 3.94. The fourth-order valence-electron chi connectivity index (χ4n) is 8.72. The van der Waals surface area contributed by atoms with Crippen molar-refractivity contribution >= 4 is 53.9 Å². The van der Waals surface area contributed by atoms with E-state index in [1.165, 1.54) is 109 Å². The summed E-state index contributed by atoms with van der Waals surface area (Å²) in [6, 6.07) is 67.7. The lowest BCUT2D eigenvalue weighted by molar-refractivity contribution is 1.66. The van der Waals surface area contributed by atoms with E-state index >= 15 is 0 Å². The third-order valence-corrected chi connectivity index (χ3v) is 11.0. The van der Waals surface area contributed by atoms with Gasteiger partial charge in [-0.05, 0) is 128 Å². The summed E-state index contributed by atoms with van der Waals surface area (Å²) in [5, 5.41) is 12.8. The molecule has 0 fully saturated rings. The Morgan fingerprint density at radius 3 is 1.34 bits per heavy atom. The van der Waals surface area contributed by atoms with E-state index in [0.717, 1.165) is 0 Å². The molecule has 0 aliphatic heterocycles. The first-order chi connectivity index (χ1) is 24.8. The Balaban J connectivity index is 1.24. The van der Waals surface area contributed by atoms with Crippen LogP contribution in [0.5, 0.6) is 0 Å². The third-order valence-electron chi connectivity index (χ3n) is 11.0. The monoisotopic (exact) mass is 630 g/mol. The highest BCUT2D eigenvalue weighted by atomic mass is 14.3. The van der Waals surface area contributed by atoms with E-state index in [9.17, 15) is 0 Å². The number of hydrogen-bond donors (Lipinski definition) is 0. The van der Waals surface area contributed by atoms with Crippen molar-refractivity contribution in [2.24, 2.45) is 0 Å². The molecular weight excluding hydrogens is 601 g/mol. The van der Waals surface area contributed by atoms with E-state index in [2.05, 4.69) is 182 Å². The van der Waals surface area contributed by atoms with Crippen molar-refractivity contribution in [1.82, 2.24) is 0 Å². The SMILES string of the molecule is c1ccc2c(c1)-c1cccc3c(-c4ccc5c(-c6ccc7ccccc7c6)c6ccccc6c(-c6ccc7ccccc7c6)c5c4)ccc-2c13. The van der Waals surface area contributed by atoms with Gasteiger partial charge in [0.1, 0.15) is 0 Å². The summed E-state index contributed by atoms with van der Waals surface area (Å²) in [6.45, 7) is 0. The van der Waals surface area contributed by atoms with Crippen molar-refractivity contribution in [3.63, 3.8) is 0 Å². The molecule has 10 aromatic rings. The molecule has 1 aliphatic rings. The standard InChI is InChI=1S/C50H30/c1-3-12-33-28-36(22-20-31(33)10-1)48-43-16-7-8-17-44(43)49(37-23-21-32-11-2-4-13-34(32)29-37)47-30-35(24-25-46(47)48)38-26-27-45-40-15-6-5-14-39(40)42-19-9-18-41(38)50(42)45/h1-30H. The molecular formula is C50H30. The highest BCUT2D eigenvalue weighted by molar-refractivity contribution is 6.24. The van der Waals surface area contributed by atoms with Crippen LogP contribution in [0.1, 0.15) is 0 Å². The van der Waals surface area contributed by atoms with Gasteiger partial charge in [0.25, 0.3) is 0 Å². The van der Waals surface area contributed by atoms with E-state index in [1.807, 2.05) is 0 Å². The quantitative estimate of drug-likeness (QED) is 0.170. The van der Waals surface area contributed by atoms with Crippen molar-refractivity contribution in [3.05, 3.63) is 182 Å². The van der Waals surface area contributed by atoms with Gasteiger partial charge in [0.15, 0.2) is 0 Å². The van der Waals surface area contributed by atoms with Crippen molar-refractivity contribution < 1.29 is 0 Å². The minimum Gasteiger partial charge on any atom is -0.0616 e. The molecule has 0 N–H and O–H groups in total. The Kier molecular flexibility index (Phi) is 5.76. The summed E-state index contributed by atoms with van der Waals surface area (Å²) in [5.41, 5.74) is 12.9. The Labute approximate surface area is 290 Å². The fraction of sp³-hybridized carbons (Fsp3) is 0. The van der Waals surface area contributed by atoms with Gasteiger partial charge < -0.3 is 0 Å². The molecule has 0 nitrogen and oxygen atoms in total. The molecule has 0 unspecified atom stereocenters. The van der Waals surface area contributed by atoms with Crippen molar-refractivity contribution in [1.29, 1.82) is 0 Å². The van der Waals surface area contributed by atoms with Gasteiger partial charge in [0.2, 0.25) is 0 Å². The lowest BCUT2D eigenvalue weighted by Gasteiger charge is -2.20. The second-order valence-electron chi connectivity index (χ2n) is 13.6.